The molecule has 0 bridgehead atoms. The van der Waals surface area contributed by atoms with E-state index in [0.717, 1.165) is 6.08 Å². The maximum absolute atomic E-state index is 10.5. The van der Waals surface area contributed by atoms with Gasteiger partial charge in [0.1, 0.15) is 6.54 Å². The van der Waals surface area contributed by atoms with Crippen LogP contribution in [0.4, 0.5) is 0 Å². The zero-order chi connectivity index (χ0) is 9.56. The third-order valence-corrected chi connectivity index (χ3v) is 0.791. The van der Waals surface area contributed by atoms with Crippen molar-refractivity contribution in [3.8, 4) is 0 Å². The average molecular weight is 173 g/mol. The van der Waals surface area contributed by atoms with Gasteiger partial charge < -0.3 is 15.5 Å². The van der Waals surface area contributed by atoms with Crippen LogP contribution in [0.25, 0.3) is 0 Å². The lowest BCUT2D eigenvalue weighted by Gasteiger charge is -1.94. The summed E-state index contributed by atoms with van der Waals surface area (Å²) in [5, 5.41) is 18.1. The first-order valence-electron chi connectivity index (χ1n) is 2.93. The van der Waals surface area contributed by atoms with Crippen molar-refractivity contribution in [2.24, 2.45) is 0 Å². The number of hydrogen-bond acceptors (Lipinski definition) is 3. The van der Waals surface area contributed by atoms with Crippen molar-refractivity contribution in [3.05, 3.63) is 12.2 Å². The topological polar surface area (TPSA) is 104 Å². The first kappa shape index (κ1) is 10.2. The van der Waals surface area contributed by atoms with E-state index >= 15 is 0 Å². The van der Waals surface area contributed by atoms with Crippen molar-refractivity contribution in [1.29, 1.82) is 0 Å². The summed E-state index contributed by atoms with van der Waals surface area (Å²) in [6, 6.07) is 0. The molecule has 0 aliphatic heterocycles. The highest BCUT2D eigenvalue weighted by Gasteiger charge is 1.99. The molecule has 0 unspecified atom stereocenters. The Kier molecular flexibility index (Phi) is 4.13. The highest BCUT2D eigenvalue weighted by molar-refractivity contribution is 5.95. The molecule has 12 heavy (non-hydrogen) atoms. The van der Waals surface area contributed by atoms with Gasteiger partial charge in [0.05, 0.1) is 0 Å². The number of nitrogens with one attached hydrogen (secondary N) is 1. The number of carboxylic acid groups (broad SMARTS) is 2. The zero-order valence-electron chi connectivity index (χ0n) is 5.98. The fourth-order valence-corrected chi connectivity index (χ4v) is 0.369. The minimum atomic E-state index is -1.26. The molecule has 0 saturated heterocycles. The van der Waals surface area contributed by atoms with Gasteiger partial charge in [0.15, 0.2) is 0 Å². The van der Waals surface area contributed by atoms with Gasteiger partial charge in [-0.2, -0.15) is 0 Å². The number of carbonyl (C=O) groups excluding carboxylic acids is 1. The van der Waals surface area contributed by atoms with Crippen molar-refractivity contribution in [2.45, 2.75) is 0 Å². The molecule has 0 rings (SSSR count). The zero-order valence-corrected chi connectivity index (χ0v) is 5.98. The largest absolute Gasteiger partial charge is 0.480 e. The lowest BCUT2D eigenvalue weighted by atomic mass is 10.4. The van der Waals surface area contributed by atoms with Gasteiger partial charge in [-0.1, -0.05) is 0 Å². The van der Waals surface area contributed by atoms with Gasteiger partial charge in [-0.05, 0) is 0 Å². The Morgan fingerprint density at radius 3 is 2.17 bits per heavy atom. The Morgan fingerprint density at radius 1 is 1.17 bits per heavy atom. The van der Waals surface area contributed by atoms with E-state index in [2.05, 4.69) is 0 Å². The molecule has 0 radical (unpaired) electrons. The van der Waals surface area contributed by atoms with E-state index in [9.17, 15) is 14.4 Å². The van der Waals surface area contributed by atoms with Crippen LogP contribution >= 0.6 is 0 Å². The molecule has 0 spiro atoms. The summed E-state index contributed by atoms with van der Waals surface area (Å²) in [6.45, 7) is -0.525. The van der Waals surface area contributed by atoms with E-state index < -0.39 is 24.4 Å². The highest BCUT2D eigenvalue weighted by Crippen LogP contribution is 1.73. The summed E-state index contributed by atoms with van der Waals surface area (Å²) >= 11 is 0. The van der Waals surface area contributed by atoms with Crippen LogP contribution in [0, 0.1) is 0 Å². The fourth-order valence-electron chi connectivity index (χ4n) is 0.369. The van der Waals surface area contributed by atoms with Crippen LogP contribution in [0.5, 0.6) is 0 Å². The molecule has 0 aromatic rings. The monoisotopic (exact) mass is 173 g/mol. The van der Waals surface area contributed by atoms with Crippen molar-refractivity contribution in [2.75, 3.05) is 6.54 Å². The summed E-state index contributed by atoms with van der Waals surface area (Å²) in [5.74, 6) is -3.20. The SMILES string of the molecule is O=C(O)/C=C\C(=O)NCC(=O)O. The van der Waals surface area contributed by atoms with Crippen LogP contribution in [0.3, 0.4) is 0 Å². The Balaban J connectivity index is 3.75. The third kappa shape index (κ3) is 6.27. The molecular formula is C6H7NO5. The fraction of sp³-hybridized carbons (Fsp3) is 0.167. The molecule has 0 aromatic heterocycles. The minimum Gasteiger partial charge on any atom is -0.480 e. The average Bonchev–Trinajstić information content (AvgIpc) is 1.96. The van der Waals surface area contributed by atoms with E-state index in [-0.39, 0.29) is 0 Å². The lowest BCUT2D eigenvalue weighted by molar-refractivity contribution is -0.137. The highest BCUT2D eigenvalue weighted by atomic mass is 16.4. The van der Waals surface area contributed by atoms with Crippen LogP contribution in [0.15, 0.2) is 12.2 Å². The molecule has 6 nitrogen and oxygen atoms in total. The van der Waals surface area contributed by atoms with Crippen LogP contribution in [-0.4, -0.2) is 34.6 Å². The Bertz CT molecular complexity index is 232. The number of amides is 1. The summed E-state index contributed by atoms with van der Waals surface area (Å²) < 4.78 is 0. The molecule has 0 aliphatic rings. The van der Waals surface area contributed by atoms with Gasteiger partial charge in [0, 0.05) is 12.2 Å². The molecule has 0 saturated carbocycles. The molecule has 1 amide bonds. The first-order chi connectivity index (χ1) is 5.52. The number of hydrogen-bond donors (Lipinski definition) is 3. The molecule has 0 aliphatic carbocycles. The van der Waals surface area contributed by atoms with Gasteiger partial charge >= 0.3 is 11.9 Å². The van der Waals surface area contributed by atoms with Crippen LogP contribution in [-0.2, 0) is 14.4 Å². The number of carboxylic acids is 2. The normalized spacial score (nSPS) is 9.67. The molecule has 0 fully saturated rings. The van der Waals surface area contributed by atoms with E-state index in [1.54, 1.807) is 0 Å². The van der Waals surface area contributed by atoms with Gasteiger partial charge in [-0.25, -0.2) is 4.79 Å². The third-order valence-electron chi connectivity index (χ3n) is 0.791. The second-order valence-corrected chi connectivity index (χ2v) is 1.78. The van der Waals surface area contributed by atoms with Crippen LogP contribution in [0.2, 0.25) is 0 Å². The second kappa shape index (κ2) is 4.89. The molecule has 0 aromatic carbocycles. The van der Waals surface area contributed by atoms with Crippen molar-refractivity contribution in [1.82, 2.24) is 5.32 Å². The minimum absolute atomic E-state index is 0.525. The molecule has 0 atom stereocenters. The van der Waals surface area contributed by atoms with E-state index in [0.29, 0.717) is 6.08 Å². The molecule has 66 valence electrons. The first-order valence-corrected chi connectivity index (χ1v) is 2.93. The maximum Gasteiger partial charge on any atom is 0.328 e. The van der Waals surface area contributed by atoms with Gasteiger partial charge in [-0.15, -0.1) is 0 Å². The van der Waals surface area contributed by atoms with Crippen molar-refractivity contribution >= 4 is 17.8 Å². The summed E-state index contributed by atoms with van der Waals surface area (Å²) in [5.41, 5.74) is 0. The standard InChI is InChI=1S/C6H7NO5/c8-4(1-2-5(9)10)7-3-6(11)12/h1-2H,3H2,(H,7,8)(H,9,10)(H,11,12)/b2-1-. The van der Waals surface area contributed by atoms with Gasteiger partial charge in [0.2, 0.25) is 5.91 Å². The predicted octanol–water partition coefficient (Wildman–Crippen LogP) is -1.17. The number of rotatable bonds is 4. The number of aliphatic carboxylic acids is 2. The summed E-state index contributed by atoms with van der Waals surface area (Å²) in [7, 11) is 0. The quantitative estimate of drug-likeness (QED) is 0.464. The van der Waals surface area contributed by atoms with Gasteiger partial charge in [-0.3, -0.25) is 9.59 Å². The Morgan fingerprint density at radius 2 is 1.75 bits per heavy atom. The van der Waals surface area contributed by atoms with E-state index in [4.69, 9.17) is 10.2 Å². The van der Waals surface area contributed by atoms with E-state index in [1.165, 1.54) is 0 Å². The summed E-state index contributed by atoms with van der Waals surface area (Å²) in [4.78, 5) is 30.3. The Hall–Kier alpha value is -1.85. The van der Waals surface area contributed by atoms with Crippen LogP contribution < -0.4 is 5.32 Å². The van der Waals surface area contributed by atoms with Gasteiger partial charge in [0.25, 0.3) is 0 Å². The van der Waals surface area contributed by atoms with Crippen LogP contribution in [0.1, 0.15) is 0 Å². The maximum atomic E-state index is 10.5. The number of carbonyl (C=O) groups is 3. The van der Waals surface area contributed by atoms with Crippen molar-refractivity contribution in [3.63, 3.8) is 0 Å². The van der Waals surface area contributed by atoms with Crippen molar-refractivity contribution < 1.29 is 24.6 Å². The second-order valence-electron chi connectivity index (χ2n) is 1.78. The molecule has 3 N–H and O–H groups in total. The predicted molar refractivity (Wildman–Crippen MR) is 37.4 cm³/mol. The van der Waals surface area contributed by atoms with E-state index in [1.807, 2.05) is 5.32 Å². The smallest absolute Gasteiger partial charge is 0.328 e. The molecule has 0 heterocycles. The Labute approximate surface area is 67.5 Å². The lowest BCUT2D eigenvalue weighted by Crippen LogP contribution is -2.27. The summed E-state index contributed by atoms with van der Waals surface area (Å²) in [6.07, 6.45) is 1.36. The molecular weight excluding hydrogens is 166 g/mol. The molecule has 6 heteroatoms.